The van der Waals surface area contributed by atoms with E-state index in [1.807, 2.05) is 0 Å². The number of benzene rings is 2. The lowest BCUT2D eigenvalue weighted by Gasteiger charge is -2.13. The third kappa shape index (κ3) is 4.81. The van der Waals surface area contributed by atoms with Crippen LogP contribution in [0.15, 0.2) is 42.5 Å². The molecule has 2 aromatic rings. The summed E-state index contributed by atoms with van der Waals surface area (Å²) in [6.07, 6.45) is -4.63. The molecule has 0 aliphatic carbocycles. The predicted octanol–water partition coefficient (Wildman–Crippen LogP) is 3.76. The van der Waals surface area contributed by atoms with Crippen LogP contribution >= 0.6 is 0 Å². The van der Waals surface area contributed by atoms with Gasteiger partial charge in [0.1, 0.15) is 6.61 Å². The van der Waals surface area contributed by atoms with Gasteiger partial charge in [-0.1, -0.05) is 18.2 Å². The number of alkyl halides is 3. The quantitative estimate of drug-likeness (QED) is 0.443. The molecule has 10 heteroatoms. The van der Waals surface area contributed by atoms with E-state index in [2.05, 4.69) is 4.74 Å². The van der Waals surface area contributed by atoms with Crippen molar-refractivity contribution in [1.29, 1.82) is 0 Å². The van der Waals surface area contributed by atoms with Crippen molar-refractivity contribution in [2.24, 2.45) is 0 Å². The SMILES string of the molecule is COC(=O)c1cc(C(=O)OCc2ccccc2C(F)(F)F)cc([N+](=O)[O-])c1. The van der Waals surface area contributed by atoms with Crippen molar-refractivity contribution in [3.8, 4) is 0 Å². The summed E-state index contributed by atoms with van der Waals surface area (Å²) in [6, 6.07) is 7.27. The molecule has 2 aromatic carbocycles. The zero-order chi connectivity index (χ0) is 20.2. The summed E-state index contributed by atoms with van der Waals surface area (Å²) < 4.78 is 48.1. The minimum Gasteiger partial charge on any atom is -0.465 e. The van der Waals surface area contributed by atoms with E-state index in [1.54, 1.807) is 0 Å². The first-order valence-electron chi connectivity index (χ1n) is 7.33. The average Bonchev–Trinajstić information content (AvgIpc) is 2.64. The Kier molecular flexibility index (Phi) is 5.78. The lowest BCUT2D eigenvalue weighted by Crippen LogP contribution is -2.13. The number of hydrogen-bond acceptors (Lipinski definition) is 6. The van der Waals surface area contributed by atoms with Crippen molar-refractivity contribution in [3.63, 3.8) is 0 Å². The van der Waals surface area contributed by atoms with Gasteiger partial charge >= 0.3 is 18.1 Å². The third-order valence-electron chi connectivity index (χ3n) is 3.47. The van der Waals surface area contributed by atoms with Crippen molar-refractivity contribution in [3.05, 3.63) is 74.8 Å². The Morgan fingerprint density at radius 2 is 1.67 bits per heavy atom. The van der Waals surface area contributed by atoms with Crippen molar-refractivity contribution < 1.29 is 37.2 Å². The van der Waals surface area contributed by atoms with Crippen LogP contribution in [-0.2, 0) is 22.3 Å². The number of hydrogen-bond donors (Lipinski definition) is 0. The molecular formula is C17H12F3NO6. The van der Waals surface area contributed by atoms with Gasteiger partial charge in [0, 0.05) is 17.7 Å². The number of carbonyl (C=O) groups excluding carboxylic acids is 2. The van der Waals surface area contributed by atoms with Crippen LogP contribution in [0.4, 0.5) is 18.9 Å². The number of methoxy groups -OCH3 is 1. The zero-order valence-corrected chi connectivity index (χ0v) is 13.8. The lowest BCUT2D eigenvalue weighted by molar-refractivity contribution is -0.384. The second-order valence-electron chi connectivity index (χ2n) is 5.25. The average molecular weight is 383 g/mol. The normalized spacial score (nSPS) is 11.0. The minimum atomic E-state index is -4.63. The number of nitrogens with zero attached hydrogens (tertiary/aromatic N) is 1. The Labute approximate surface area is 150 Å². The van der Waals surface area contributed by atoms with Crippen LogP contribution in [0, 0.1) is 10.1 Å². The number of non-ortho nitro benzene ring substituents is 1. The van der Waals surface area contributed by atoms with Crippen LogP contribution in [0.25, 0.3) is 0 Å². The lowest BCUT2D eigenvalue weighted by atomic mass is 10.1. The number of nitro groups is 1. The van der Waals surface area contributed by atoms with E-state index in [4.69, 9.17) is 4.74 Å². The molecule has 2 rings (SSSR count). The molecule has 0 radical (unpaired) electrons. The van der Waals surface area contributed by atoms with E-state index in [-0.39, 0.29) is 16.7 Å². The Morgan fingerprint density at radius 3 is 2.22 bits per heavy atom. The van der Waals surface area contributed by atoms with Crippen LogP contribution in [0.2, 0.25) is 0 Å². The van der Waals surface area contributed by atoms with E-state index in [0.717, 1.165) is 37.4 Å². The molecule has 0 fully saturated rings. The largest absolute Gasteiger partial charge is 0.465 e. The fourth-order valence-corrected chi connectivity index (χ4v) is 2.22. The van der Waals surface area contributed by atoms with E-state index < -0.39 is 40.9 Å². The van der Waals surface area contributed by atoms with E-state index in [9.17, 15) is 32.9 Å². The highest BCUT2D eigenvalue weighted by Gasteiger charge is 2.33. The Bertz CT molecular complexity index is 894. The molecule has 0 saturated carbocycles. The molecule has 0 unspecified atom stereocenters. The second-order valence-corrected chi connectivity index (χ2v) is 5.25. The van der Waals surface area contributed by atoms with Crippen molar-refractivity contribution >= 4 is 17.6 Å². The number of rotatable bonds is 5. The number of esters is 2. The topological polar surface area (TPSA) is 95.7 Å². The van der Waals surface area contributed by atoms with Gasteiger partial charge in [-0.2, -0.15) is 13.2 Å². The van der Waals surface area contributed by atoms with Crippen LogP contribution in [0.3, 0.4) is 0 Å². The summed E-state index contributed by atoms with van der Waals surface area (Å²) in [4.78, 5) is 33.8. The van der Waals surface area contributed by atoms with E-state index in [0.29, 0.717) is 0 Å². The van der Waals surface area contributed by atoms with Crippen LogP contribution in [-0.4, -0.2) is 24.0 Å². The fraction of sp³-hybridized carbons (Fsp3) is 0.176. The number of nitro benzene ring substituents is 1. The van der Waals surface area contributed by atoms with Gasteiger partial charge in [-0.3, -0.25) is 10.1 Å². The molecule has 0 atom stereocenters. The number of halogens is 3. The molecule has 27 heavy (non-hydrogen) atoms. The van der Waals surface area contributed by atoms with Gasteiger partial charge in [0.15, 0.2) is 0 Å². The molecule has 0 saturated heterocycles. The summed E-state index contributed by atoms with van der Waals surface area (Å²) >= 11 is 0. The van der Waals surface area contributed by atoms with Crippen LogP contribution < -0.4 is 0 Å². The first-order valence-corrected chi connectivity index (χ1v) is 7.33. The number of ether oxygens (including phenoxy) is 2. The van der Waals surface area contributed by atoms with Gasteiger partial charge < -0.3 is 9.47 Å². The molecule has 142 valence electrons. The second kappa shape index (κ2) is 7.85. The predicted molar refractivity (Wildman–Crippen MR) is 85.0 cm³/mol. The summed E-state index contributed by atoms with van der Waals surface area (Å²) in [5.41, 5.74) is -2.45. The molecule has 0 heterocycles. The Hall–Kier alpha value is -3.43. The molecule has 0 bridgehead atoms. The summed E-state index contributed by atoms with van der Waals surface area (Å²) in [5, 5.41) is 10.9. The molecule has 0 aromatic heterocycles. The van der Waals surface area contributed by atoms with Crippen molar-refractivity contribution in [1.82, 2.24) is 0 Å². The monoisotopic (exact) mass is 383 g/mol. The van der Waals surface area contributed by atoms with E-state index in [1.165, 1.54) is 12.1 Å². The Balaban J connectivity index is 2.28. The highest BCUT2D eigenvalue weighted by Crippen LogP contribution is 2.32. The maximum atomic E-state index is 13.0. The van der Waals surface area contributed by atoms with Gasteiger partial charge in [-0.25, -0.2) is 9.59 Å². The van der Waals surface area contributed by atoms with Crippen molar-refractivity contribution in [2.75, 3.05) is 7.11 Å². The summed E-state index contributed by atoms with van der Waals surface area (Å²) in [6.45, 7) is -0.704. The van der Waals surface area contributed by atoms with Gasteiger partial charge in [0.25, 0.3) is 5.69 Å². The summed E-state index contributed by atoms with van der Waals surface area (Å²) in [5.74, 6) is -2.05. The highest BCUT2D eigenvalue weighted by molar-refractivity contribution is 5.96. The molecule has 0 spiro atoms. The molecular weight excluding hydrogens is 371 g/mol. The molecule has 0 N–H and O–H groups in total. The minimum absolute atomic E-state index is 0.269. The standard InChI is InChI=1S/C17H12F3NO6/c1-26-15(22)11-6-12(8-13(7-11)21(24)25)16(23)27-9-10-4-2-3-5-14(10)17(18,19)20/h2-8H,9H2,1H3. The molecule has 0 amide bonds. The van der Waals surface area contributed by atoms with Gasteiger partial charge in [0.05, 0.1) is 28.7 Å². The molecule has 0 aliphatic rings. The summed E-state index contributed by atoms with van der Waals surface area (Å²) in [7, 11) is 1.05. The third-order valence-corrected chi connectivity index (χ3v) is 3.47. The Morgan fingerprint density at radius 1 is 1.07 bits per heavy atom. The zero-order valence-electron chi connectivity index (χ0n) is 13.8. The molecule has 7 nitrogen and oxygen atoms in total. The highest BCUT2D eigenvalue weighted by atomic mass is 19.4. The van der Waals surface area contributed by atoms with E-state index >= 15 is 0 Å². The van der Waals surface area contributed by atoms with Gasteiger partial charge in [-0.05, 0) is 12.1 Å². The maximum absolute atomic E-state index is 13.0. The smallest absolute Gasteiger partial charge is 0.416 e. The van der Waals surface area contributed by atoms with Crippen LogP contribution in [0.5, 0.6) is 0 Å². The number of carbonyl (C=O) groups is 2. The first-order chi connectivity index (χ1) is 12.6. The van der Waals surface area contributed by atoms with Gasteiger partial charge in [-0.15, -0.1) is 0 Å². The maximum Gasteiger partial charge on any atom is 0.416 e. The van der Waals surface area contributed by atoms with Crippen molar-refractivity contribution in [2.45, 2.75) is 12.8 Å². The molecule has 0 aliphatic heterocycles. The van der Waals surface area contributed by atoms with Gasteiger partial charge in [0.2, 0.25) is 0 Å². The first kappa shape index (κ1) is 19.9. The van der Waals surface area contributed by atoms with Crippen LogP contribution in [0.1, 0.15) is 31.8 Å². The fourth-order valence-electron chi connectivity index (χ4n) is 2.22.